The van der Waals surface area contributed by atoms with Crippen molar-refractivity contribution in [1.29, 1.82) is 0 Å². The van der Waals surface area contributed by atoms with Crippen molar-refractivity contribution in [2.75, 3.05) is 13.1 Å². The molecule has 25 heavy (non-hydrogen) atoms. The molecule has 8 unspecified atom stereocenters. The molecule has 3 aliphatic heterocycles. The average molecular weight is 409 g/mol. The van der Waals surface area contributed by atoms with Crippen LogP contribution in [0.25, 0.3) is 0 Å². The van der Waals surface area contributed by atoms with E-state index in [1.807, 2.05) is 11.8 Å². The molecule has 6 nitrogen and oxygen atoms in total. The molecule has 0 aromatic carbocycles. The van der Waals surface area contributed by atoms with Crippen LogP contribution in [0.5, 0.6) is 0 Å². The van der Waals surface area contributed by atoms with Gasteiger partial charge in [-0.15, -0.1) is 23.2 Å². The Hall–Kier alpha value is 0.690. The van der Waals surface area contributed by atoms with Gasteiger partial charge in [-0.05, 0) is 38.5 Å². The number of hydrogen-bond donors (Lipinski definition) is 4. The first-order chi connectivity index (χ1) is 11.9. The molecule has 6 N–H and O–H groups in total. The van der Waals surface area contributed by atoms with Gasteiger partial charge >= 0.3 is 0 Å². The first kappa shape index (κ1) is 19.0. The summed E-state index contributed by atoms with van der Waals surface area (Å²) in [6, 6.07) is 0.177. The molecule has 1 aliphatic carbocycles. The van der Waals surface area contributed by atoms with Crippen molar-refractivity contribution in [3.8, 4) is 0 Å². The molecule has 0 bridgehead atoms. The molecular formula is C16H30Cl2N6S. The molecule has 0 radical (unpaired) electrons. The monoisotopic (exact) mass is 408 g/mol. The lowest BCUT2D eigenvalue weighted by atomic mass is 9.82. The Balaban J connectivity index is 1.39. The summed E-state index contributed by atoms with van der Waals surface area (Å²) in [4.78, 5) is 2.44. The summed E-state index contributed by atoms with van der Waals surface area (Å²) >= 11 is 14.9. The number of likely N-dealkylation sites (tertiary alicyclic amines) is 1. The van der Waals surface area contributed by atoms with Crippen LogP contribution in [0.15, 0.2) is 0 Å². The summed E-state index contributed by atoms with van der Waals surface area (Å²) in [5.41, 5.74) is 16.9. The van der Waals surface area contributed by atoms with Gasteiger partial charge in [0.05, 0.1) is 16.9 Å². The number of nitrogens with one attached hydrogen (secondary N) is 2. The molecule has 144 valence electrons. The van der Waals surface area contributed by atoms with Crippen LogP contribution in [0.2, 0.25) is 0 Å². The maximum atomic E-state index is 6.62. The minimum absolute atomic E-state index is 0.0140. The summed E-state index contributed by atoms with van der Waals surface area (Å²) in [5.74, 6) is 0.321. The second kappa shape index (κ2) is 7.26. The van der Waals surface area contributed by atoms with E-state index >= 15 is 0 Å². The number of nitrogens with zero attached hydrogens (tertiary/aromatic N) is 2. The van der Waals surface area contributed by atoms with E-state index in [-0.39, 0.29) is 39.5 Å². The van der Waals surface area contributed by atoms with Crippen molar-refractivity contribution in [2.24, 2.45) is 17.4 Å². The van der Waals surface area contributed by atoms with E-state index in [1.54, 1.807) is 0 Å². The summed E-state index contributed by atoms with van der Waals surface area (Å²) in [7, 11) is 0. The molecule has 4 rings (SSSR count). The van der Waals surface area contributed by atoms with Crippen LogP contribution in [-0.2, 0) is 0 Å². The first-order valence-electron chi connectivity index (χ1n) is 9.38. The van der Waals surface area contributed by atoms with E-state index in [2.05, 4.69) is 27.6 Å². The third-order valence-corrected chi connectivity index (χ3v) is 8.65. The van der Waals surface area contributed by atoms with Crippen LogP contribution < -0.4 is 22.2 Å². The van der Waals surface area contributed by atoms with Crippen LogP contribution >= 0.6 is 35.0 Å². The number of piperidine rings is 1. The highest BCUT2D eigenvalue weighted by molar-refractivity contribution is 8.00. The van der Waals surface area contributed by atoms with Crippen LogP contribution in [0.1, 0.15) is 39.0 Å². The van der Waals surface area contributed by atoms with E-state index in [1.165, 1.54) is 0 Å². The molecule has 3 saturated heterocycles. The van der Waals surface area contributed by atoms with Crippen molar-refractivity contribution in [3.05, 3.63) is 0 Å². The predicted octanol–water partition coefficient (Wildman–Crippen LogP) is 1.19. The molecule has 0 aromatic rings. The van der Waals surface area contributed by atoms with Crippen molar-refractivity contribution >= 4 is 35.0 Å². The largest absolute Gasteiger partial charge is 0.324 e. The third-order valence-electron chi connectivity index (χ3n) is 6.12. The zero-order chi connectivity index (χ0) is 17.8. The average Bonchev–Trinajstić information content (AvgIpc) is 3.09. The Morgan fingerprint density at radius 1 is 1.20 bits per heavy atom. The maximum absolute atomic E-state index is 6.62. The van der Waals surface area contributed by atoms with Crippen LogP contribution in [-0.4, -0.2) is 62.5 Å². The Bertz CT molecular complexity index is 497. The highest BCUT2D eigenvalue weighted by Crippen LogP contribution is 2.41. The van der Waals surface area contributed by atoms with Crippen LogP contribution in [0.4, 0.5) is 0 Å². The van der Waals surface area contributed by atoms with Gasteiger partial charge in [0.2, 0.25) is 0 Å². The Morgan fingerprint density at radius 2 is 2.00 bits per heavy atom. The van der Waals surface area contributed by atoms with E-state index in [0.717, 1.165) is 45.2 Å². The second-order valence-electron chi connectivity index (χ2n) is 8.34. The standard InChI is InChI=1S/C16H30Cl2N6S/c1-16(20)6-3-7-23(8-16)15-22-24-13(19)12(21-14(24)25-15)9-4-2-5-10(17)11(9)18/h9-15,21-22H,2-8,19-20H2,1H3. The molecule has 0 spiro atoms. The lowest BCUT2D eigenvalue weighted by Crippen LogP contribution is -2.60. The van der Waals surface area contributed by atoms with E-state index in [9.17, 15) is 0 Å². The number of thioether (sulfide) groups is 1. The Morgan fingerprint density at radius 3 is 2.72 bits per heavy atom. The molecule has 1 saturated carbocycles. The van der Waals surface area contributed by atoms with Gasteiger partial charge in [0.1, 0.15) is 11.0 Å². The Kier molecular flexibility index (Phi) is 5.52. The molecule has 4 fully saturated rings. The number of rotatable bonds is 2. The number of alkyl halides is 2. The zero-order valence-electron chi connectivity index (χ0n) is 14.7. The lowest BCUT2D eigenvalue weighted by Gasteiger charge is -2.41. The summed E-state index contributed by atoms with van der Waals surface area (Å²) < 4.78 is 0. The molecule has 8 atom stereocenters. The fraction of sp³-hybridized carbons (Fsp3) is 1.00. The molecule has 4 aliphatic rings. The smallest absolute Gasteiger partial charge is 0.126 e. The van der Waals surface area contributed by atoms with Gasteiger partial charge in [0.25, 0.3) is 0 Å². The number of nitrogens with two attached hydrogens (primary N) is 2. The van der Waals surface area contributed by atoms with Crippen LogP contribution in [0, 0.1) is 5.92 Å². The molecule has 3 heterocycles. The van der Waals surface area contributed by atoms with Gasteiger partial charge in [-0.2, -0.15) is 5.01 Å². The lowest BCUT2D eigenvalue weighted by molar-refractivity contribution is 0.0731. The van der Waals surface area contributed by atoms with Crippen molar-refractivity contribution in [2.45, 2.75) is 78.5 Å². The van der Waals surface area contributed by atoms with Crippen molar-refractivity contribution in [1.82, 2.24) is 20.7 Å². The SMILES string of the molecule is CC1(N)CCCN(C2NN3C(NC(C4CCCC(Cl)C4Cl)C3N)S2)C1. The summed E-state index contributed by atoms with van der Waals surface area (Å²) in [5, 5.41) is 5.92. The topological polar surface area (TPSA) is 82.6 Å². The second-order valence-corrected chi connectivity index (χ2v) is 10.6. The van der Waals surface area contributed by atoms with Gasteiger partial charge in [-0.3, -0.25) is 10.2 Å². The molecule has 0 aromatic heterocycles. The Labute approximate surface area is 164 Å². The number of hydrogen-bond acceptors (Lipinski definition) is 7. The fourth-order valence-corrected chi connectivity index (χ4v) is 6.87. The summed E-state index contributed by atoms with van der Waals surface area (Å²) in [6.45, 7) is 4.14. The minimum Gasteiger partial charge on any atom is -0.324 e. The third kappa shape index (κ3) is 3.69. The minimum atomic E-state index is -0.102. The zero-order valence-corrected chi connectivity index (χ0v) is 17.0. The normalized spacial score (nSPS) is 52.4. The van der Waals surface area contributed by atoms with E-state index < -0.39 is 0 Å². The number of fused-ring (bicyclic) bond motifs is 1. The van der Waals surface area contributed by atoms with E-state index in [0.29, 0.717) is 5.92 Å². The van der Waals surface area contributed by atoms with Crippen molar-refractivity contribution < 1.29 is 0 Å². The number of hydrazine groups is 1. The summed E-state index contributed by atoms with van der Waals surface area (Å²) in [6.07, 6.45) is 5.37. The van der Waals surface area contributed by atoms with Gasteiger partial charge < -0.3 is 11.5 Å². The van der Waals surface area contributed by atoms with Gasteiger partial charge in [0.15, 0.2) is 0 Å². The quantitative estimate of drug-likeness (QED) is 0.510. The first-order valence-corrected chi connectivity index (χ1v) is 11.2. The highest BCUT2D eigenvalue weighted by Gasteiger charge is 2.51. The fourth-order valence-electron chi connectivity index (χ4n) is 4.78. The number of halogens is 2. The van der Waals surface area contributed by atoms with E-state index in [4.69, 9.17) is 34.7 Å². The molecule has 9 heteroatoms. The maximum Gasteiger partial charge on any atom is 0.126 e. The predicted molar refractivity (Wildman–Crippen MR) is 105 cm³/mol. The highest BCUT2D eigenvalue weighted by atomic mass is 35.5. The van der Waals surface area contributed by atoms with Gasteiger partial charge in [0, 0.05) is 24.7 Å². The molecule has 0 amide bonds. The van der Waals surface area contributed by atoms with Crippen LogP contribution in [0.3, 0.4) is 0 Å². The van der Waals surface area contributed by atoms with Gasteiger partial charge in [-0.25, -0.2) is 5.43 Å². The van der Waals surface area contributed by atoms with Gasteiger partial charge in [-0.1, -0.05) is 18.2 Å². The molecular weight excluding hydrogens is 379 g/mol. The van der Waals surface area contributed by atoms with Crippen molar-refractivity contribution in [3.63, 3.8) is 0 Å².